The first-order chi connectivity index (χ1) is 8.68. The monoisotopic (exact) mass is 263 g/mol. The number of rotatable bonds is 4. The summed E-state index contributed by atoms with van der Waals surface area (Å²) in [5.41, 5.74) is 1.65. The molecule has 0 amide bonds. The molecule has 0 aromatic heterocycles. The number of aromatic hydroxyl groups is 2. The lowest BCUT2D eigenvalue weighted by atomic mass is 10.1. The van der Waals surface area contributed by atoms with Gasteiger partial charge in [0.05, 0.1) is 0 Å². The van der Waals surface area contributed by atoms with E-state index in [4.69, 9.17) is 11.6 Å². The minimum atomic E-state index is -0.105. The zero-order valence-electron chi connectivity index (χ0n) is 9.73. The summed E-state index contributed by atoms with van der Waals surface area (Å²) in [6.45, 7) is 1.07. The molecule has 3 N–H and O–H groups in total. The fourth-order valence-electron chi connectivity index (χ4n) is 1.69. The molecule has 0 saturated carbocycles. The summed E-state index contributed by atoms with van der Waals surface area (Å²) in [6, 6.07) is 12.5. The van der Waals surface area contributed by atoms with Crippen LogP contribution in [0, 0.1) is 0 Å². The topological polar surface area (TPSA) is 52.5 Å². The molecule has 0 heterocycles. The molecule has 18 heavy (non-hydrogen) atoms. The maximum atomic E-state index is 9.63. The highest BCUT2D eigenvalue weighted by molar-refractivity contribution is 6.31. The van der Waals surface area contributed by atoms with Crippen molar-refractivity contribution in [3.63, 3.8) is 0 Å². The van der Waals surface area contributed by atoms with Crippen molar-refractivity contribution in [3.05, 3.63) is 58.6 Å². The minimum absolute atomic E-state index is 0.0795. The summed E-state index contributed by atoms with van der Waals surface area (Å²) in [6.07, 6.45) is 0. The van der Waals surface area contributed by atoms with Crippen LogP contribution in [-0.2, 0) is 13.1 Å². The molecule has 3 nitrogen and oxygen atoms in total. The Bertz CT molecular complexity index is 543. The third-order valence-corrected chi connectivity index (χ3v) is 3.06. The zero-order chi connectivity index (χ0) is 13.0. The Labute approximate surface area is 111 Å². The van der Waals surface area contributed by atoms with Gasteiger partial charge >= 0.3 is 0 Å². The number of phenols is 2. The Morgan fingerprint density at radius 3 is 2.33 bits per heavy atom. The first kappa shape index (κ1) is 12.7. The standard InChI is InChI=1S/C14H14ClNO2/c15-12-6-2-1-4-10(12)8-16-9-11-5-3-7-13(17)14(11)18/h1-7,16-18H,8-9H2. The van der Waals surface area contributed by atoms with Crippen LogP contribution in [0.1, 0.15) is 11.1 Å². The lowest BCUT2D eigenvalue weighted by Crippen LogP contribution is -2.13. The molecule has 4 heteroatoms. The fraction of sp³-hybridized carbons (Fsp3) is 0.143. The molecule has 0 saturated heterocycles. The number of nitrogens with one attached hydrogen (secondary N) is 1. The molecule has 0 atom stereocenters. The average Bonchev–Trinajstić information content (AvgIpc) is 2.37. The van der Waals surface area contributed by atoms with Gasteiger partial charge in [-0.15, -0.1) is 0 Å². The molecule has 0 aliphatic rings. The highest BCUT2D eigenvalue weighted by Gasteiger charge is 2.05. The van der Waals surface area contributed by atoms with Crippen molar-refractivity contribution in [1.29, 1.82) is 0 Å². The van der Waals surface area contributed by atoms with Gasteiger partial charge in [0.2, 0.25) is 0 Å². The second-order valence-corrected chi connectivity index (χ2v) is 4.39. The summed E-state index contributed by atoms with van der Waals surface area (Å²) in [4.78, 5) is 0. The molecule has 0 aliphatic carbocycles. The fourth-order valence-corrected chi connectivity index (χ4v) is 1.90. The van der Waals surface area contributed by atoms with Crippen molar-refractivity contribution < 1.29 is 10.2 Å². The quantitative estimate of drug-likeness (QED) is 0.743. The molecule has 2 rings (SSSR count). The van der Waals surface area contributed by atoms with Gasteiger partial charge in [-0.05, 0) is 17.7 Å². The van der Waals surface area contributed by atoms with E-state index in [1.165, 1.54) is 6.07 Å². The molecule has 2 aromatic rings. The number of para-hydroxylation sites is 1. The number of phenolic OH excluding ortho intramolecular Hbond substituents is 2. The van der Waals surface area contributed by atoms with Crippen LogP contribution in [-0.4, -0.2) is 10.2 Å². The molecule has 0 fully saturated rings. The Morgan fingerprint density at radius 2 is 1.56 bits per heavy atom. The molecule has 0 radical (unpaired) electrons. The third kappa shape index (κ3) is 2.94. The lowest BCUT2D eigenvalue weighted by molar-refractivity contribution is 0.397. The predicted molar refractivity (Wildman–Crippen MR) is 71.8 cm³/mol. The van der Waals surface area contributed by atoms with Crippen LogP contribution in [0.25, 0.3) is 0 Å². The van der Waals surface area contributed by atoms with E-state index in [-0.39, 0.29) is 11.5 Å². The van der Waals surface area contributed by atoms with E-state index in [1.807, 2.05) is 24.3 Å². The summed E-state index contributed by atoms with van der Waals surface area (Å²) in [5.74, 6) is -0.184. The average molecular weight is 264 g/mol. The summed E-state index contributed by atoms with van der Waals surface area (Å²) >= 11 is 6.03. The van der Waals surface area contributed by atoms with Crippen LogP contribution in [0.5, 0.6) is 11.5 Å². The highest BCUT2D eigenvalue weighted by Crippen LogP contribution is 2.28. The molecule has 0 unspecified atom stereocenters. The minimum Gasteiger partial charge on any atom is -0.504 e. The van der Waals surface area contributed by atoms with Crippen LogP contribution in [0.2, 0.25) is 5.02 Å². The van der Waals surface area contributed by atoms with Gasteiger partial charge in [0.15, 0.2) is 11.5 Å². The molecule has 0 aliphatic heterocycles. The largest absolute Gasteiger partial charge is 0.504 e. The number of hydrogen-bond acceptors (Lipinski definition) is 3. The normalized spacial score (nSPS) is 10.5. The van der Waals surface area contributed by atoms with Crippen LogP contribution < -0.4 is 5.32 Å². The molecule has 0 bridgehead atoms. The van der Waals surface area contributed by atoms with Gasteiger partial charge in [-0.1, -0.05) is 41.9 Å². The van der Waals surface area contributed by atoms with Crippen LogP contribution in [0.15, 0.2) is 42.5 Å². The number of hydrogen-bond donors (Lipinski definition) is 3. The summed E-state index contributed by atoms with van der Waals surface area (Å²) in [7, 11) is 0. The summed E-state index contributed by atoms with van der Waals surface area (Å²) < 4.78 is 0. The van der Waals surface area contributed by atoms with Crippen molar-refractivity contribution in [2.45, 2.75) is 13.1 Å². The van der Waals surface area contributed by atoms with E-state index in [2.05, 4.69) is 5.32 Å². The van der Waals surface area contributed by atoms with Gasteiger partial charge in [0.25, 0.3) is 0 Å². The third-order valence-electron chi connectivity index (χ3n) is 2.69. The maximum absolute atomic E-state index is 9.63. The van der Waals surface area contributed by atoms with Gasteiger partial charge in [-0.3, -0.25) is 0 Å². The van der Waals surface area contributed by atoms with Crippen molar-refractivity contribution in [3.8, 4) is 11.5 Å². The Balaban J connectivity index is 1.97. The first-order valence-electron chi connectivity index (χ1n) is 5.62. The van der Waals surface area contributed by atoms with Gasteiger partial charge in [0, 0.05) is 23.7 Å². The number of benzene rings is 2. The predicted octanol–water partition coefficient (Wildman–Crippen LogP) is 3.04. The first-order valence-corrected chi connectivity index (χ1v) is 6.00. The highest BCUT2D eigenvalue weighted by atomic mass is 35.5. The van der Waals surface area contributed by atoms with E-state index < -0.39 is 0 Å². The zero-order valence-corrected chi connectivity index (χ0v) is 10.5. The second kappa shape index (κ2) is 5.76. The van der Waals surface area contributed by atoms with Crippen LogP contribution in [0.3, 0.4) is 0 Å². The Morgan fingerprint density at radius 1 is 0.889 bits per heavy atom. The lowest BCUT2D eigenvalue weighted by Gasteiger charge is -2.08. The summed E-state index contributed by atoms with van der Waals surface area (Å²) in [5, 5.41) is 22.9. The Hall–Kier alpha value is -1.71. The van der Waals surface area contributed by atoms with Gasteiger partial charge in [0.1, 0.15) is 0 Å². The van der Waals surface area contributed by atoms with Gasteiger partial charge in [-0.2, -0.15) is 0 Å². The van der Waals surface area contributed by atoms with Crippen LogP contribution in [0.4, 0.5) is 0 Å². The van der Waals surface area contributed by atoms with E-state index in [0.717, 1.165) is 5.56 Å². The van der Waals surface area contributed by atoms with E-state index >= 15 is 0 Å². The second-order valence-electron chi connectivity index (χ2n) is 3.98. The molecule has 94 valence electrons. The van der Waals surface area contributed by atoms with Crippen LogP contribution >= 0.6 is 11.6 Å². The Kier molecular flexibility index (Phi) is 4.07. The van der Waals surface area contributed by atoms with Crippen molar-refractivity contribution in [2.24, 2.45) is 0 Å². The molecule has 0 spiro atoms. The van der Waals surface area contributed by atoms with Crippen molar-refractivity contribution in [2.75, 3.05) is 0 Å². The van der Waals surface area contributed by atoms with E-state index in [1.54, 1.807) is 12.1 Å². The van der Waals surface area contributed by atoms with Crippen molar-refractivity contribution in [1.82, 2.24) is 5.32 Å². The maximum Gasteiger partial charge on any atom is 0.161 e. The number of halogens is 1. The van der Waals surface area contributed by atoms with E-state index in [9.17, 15) is 10.2 Å². The van der Waals surface area contributed by atoms with Crippen molar-refractivity contribution >= 4 is 11.6 Å². The smallest absolute Gasteiger partial charge is 0.161 e. The SMILES string of the molecule is Oc1cccc(CNCc2ccccc2Cl)c1O. The molecule has 2 aromatic carbocycles. The van der Waals surface area contributed by atoms with Gasteiger partial charge < -0.3 is 15.5 Å². The molecular weight excluding hydrogens is 250 g/mol. The van der Waals surface area contributed by atoms with E-state index in [0.29, 0.717) is 23.7 Å². The molecular formula is C14H14ClNO2. The van der Waals surface area contributed by atoms with Gasteiger partial charge in [-0.25, -0.2) is 0 Å².